The van der Waals surface area contributed by atoms with E-state index in [-0.39, 0.29) is 6.61 Å². The SMILES string of the molecule is CCCC=CCCC(C)C[O]. The van der Waals surface area contributed by atoms with Gasteiger partial charge in [-0.25, -0.2) is 5.11 Å². The Kier molecular flexibility index (Phi) is 7.59. The molecule has 0 aliphatic heterocycles. The van der Waals surface area contributed by atoms with E-state index in [0.717, 1.165) is 12.8 Å². The van der Waals surface area contributed by atoms with Crippen LogP contribution in [0.3, 0.4) is 0 Å². The minimum Gasteiger partial charge on any atom is -0.236 e. The lowest BCUT2D eigenvalue weighted by Crippen LogP contribution is -1.97. The van der Waals surface area contributed by atoms with Crippen molar-refractivity contribution in [2.24, 2.45) is 5.92 Å². The second-order valence-electron chi connectivity index (χ2n) is 3.11. The largest absolute Gasteiger partial charge is 0.236 e. The molecule has 0 N–H and O–H groups in total. The van der Waals surface area contributed by atoms with Crippen LogP contribution >= 0.6 is 0 Å². The minimum absolute atomic E-state index is 0.0710. The molecule has 0 bridgehead atoms. The monoisotopic (exact) mass is 155 g/mol. The van der Waals surface area contributed by atoms with Crippen LogP contribution in [0.1, 0.15) is 39.5 Å². The van der Waals surface area contributed by atoms with Crippen LogP contribution in [0.25, 0.3) is 0 Å². The fourth-order valence-electron chi connectivity index (χ4n) is 0.866. The summed E-state index contributed by atoms with van der Waals surface area (Å²) in [6.07, 6.45) is 8.90. The van der Waals surface area contributed by atoms with E-state index in [9.17, 15) is 5.11 Å². The van der Waals surface area contributed by atoms with Gasteiger partial charge in [-0.1, -0.05) is 32.4 Å². The Bertz CT molecular complexity index is 97.0. The Morgan fingerprint density at radius 2 is 1.91 bits per heavy atom. The van der Waals surface area contributed by atoms with Crippen molar-refractivity contribution in [3.8, 4) is 0 Å². The molecule has 0 saturated carbocycles. The summed E-state index contributed by atoms with van der Waals surface area (Å²) in [4.78, 5) is 0. The first-order valence-corrected chi connectivity index (χ1v) is 4.54. The maximum Gasteiger partial charge on any atom is 0.0847 e. The standard InChI is InChI=1S/C10H19O/c1-3-4-5-6-7-8-10(2)9-11/h5-6,10H,3-4,7-9H2,1-2H3. The number of allylic oxidation sites excluding steroid dienone is 2. The Hall–Kier alpha value is -0.300. The van der Waals surface area contributed by atoms with Crippen LogP contribution in [0.15, 0.2) is 12.2 Å². The average Bonchev–Trinajstić information content (AvgIpc) is 2.04. The molecule has 0 heterocycles. The zero-order valence-corrected chi connectivity index (χ0v) is 7.68. The Morgan fingerprint density at radius 1 is 1.27 bits per heavy atom. The van der Waals surface area contributed by atoms with Gasteiger partial charge in [-0.05, 0) is 25.2 Å². The molecule has 11 heavy (non-hydrogen) atoms. The van der Waals surface area contributed by atoms with Crippen LogP contribution < -0.4 is 0 Å². The highest BCUT2D eigenvalue weighted by Gasteiger charge is 1.96. The molecule has 1 nitrogen and oxygen atoms in total. The molecule has 0 fully saturated rings. The molecular formula is C10H19O. The van der Waals surface area contributed by atoms with Crippen LogP contribution in [0.2, 0.25) is 0 Å². The van der Waals surface area contributed by atoms with E-state index in [1.807, 2.05) is 6.92 Å². The first kappa shape index (κ1) is 10.7. The first-order valence-electron chi connectivity index (χ1n) is 4.54. The molecule has 0 spiro atoms. The van der Waals surface area contributed by atoms with Crippen molar-refractivity contribution in [2.75, 3.05) is 6.61 Å². The van der Waals surface area contributed by atoms with E-state index >= 15 is 0 Å². The van der Waals surface area contributed by atoms with Gasteiger partial charge in [-0.2, -0.15) is 0 Å². The second-order valence-corrected chi connectivity index (χ2v) is 3.11. The maximum atomic E-state index is 10.3. The summed E-state index contributed by atoms with van der Waals surface area (Å²) in [6.45, 7) is 4.26. The Balaban J connectivity index is 3.12. The van der Waals surface area contributed by atoms with Gasteiger partial charge in [-0.3, -0.25) is 0 Å². The fourth-order valence-corrected chi connectivity index (χ4v) is 0.866. The second kappa shape index (κ2) is 7.80. The van der Waals surface area contributed by atoms with Gasteiger partial charge in [0.1, 0.15) is 0 Å². The van der Waals surface area contributed by atoms with Crippen molar-refractivity contribution in [1.82, 2.24) is 0 Å². The van der Waals surface area contributed by atoms with Gasteiger partial charge in [-0.15, -0.1) is 0 Å². The van der Waals surface area contributed by atoms with Crippen molar-refractivity contribution in [3.63, 3.8) is 0 Å². The smallest absolute Gasteiger partial charge is 0.0847 e. The normalized spacial score (nSPS) is 14.1. The van der Waals surface area contributed by atoms with Crippen molar-refractivity contribution < 1.29 is 5.11 Å². The van der Waals surface area contributed by atoms with Gasteiger partial charge in [0.2, 0.25) is 0 Å². The molecule has 1 atom stereocenters. The summed E-state index contributed by atoms with van der Waals surface area (Å²) in [5.41, 5.74) is 0. The van der Waals surface area contributed by atoms with Crippen molar-refractivity contribution in [2.45, 2.75) is 39.5 Å². The topological polar surface area (TPSA) is 19.9 Å². The van der Waals surface area contributed by atoms with Gasteiger partial charge in [0, 0.05) is 0 Å². The predicted molar refractivity (Wildman–Crippen MR) is 48.0 cm³/mol. The summed E-state index contributed by atoms with van der Waals surface area (Å²) >= 11 is 0. The van der Waals surface area contributed by atoms with E-state index in [1.54, 1.807) is 0 Å². The minimum atomic E-state index is 0.0710. The first-order chi connectivity index (χ1) is 5.31. The molecule has 0 aliphatic carbocycles. The molecule has 1 radical (unpaired) electrons. The van der Waals surface area contributed by atoms with Crippen LogP contribution in [-0.4, -0.2) is 6.61 Å². The highest BCUT2D eigenvalue weighted by molar-refractivity contribution is 4.81. The summed E-state index contributed by atoms with van der Waals surface area (Å²) in [6, 6.07) is 0. The van der Waals surface area contributed by atoms with Gasteiger partial charge >= 0.3 is 0 Å². The average molecular weight is 155 g/mol. The molecule has 1 unspecified atom stereocenters. The molecule has 0 aromatic carbocycles. The van der Waals surface area contributed by atoms with Crippen molar-refractivity contribution in [1.29, 1.82) is 0 Å². The number of hydrogen-bond acceptors (Lipinski definition) is 0. The lowest BCUT2D eigenvalue weighted by atomic mass is 10.1. The summed E-state index contributed by atoms with van der Waals surface area (Å²) in [5.74, 6) is 0.348. The third kappa shape index (κ3) is 7.60. The van der Waals surface area contributed by atoms with Gasteiger partial charge in [0.05, 0.1) is 6.61 Å². The molecule has 0 aromatic heterocycles. The van der Waals surface area contributed by atoms with Crippen LogP contribution in [0.5, 0.6) is 0 Å². The molecule has 0 amide bonds. The molecule has 0 aliphatic rings. The third-order valence-electron chi connectivity index (χ3n) is 1.73. The molecule has 0 aromatic rings. The maximum absolute atomic E-state index is 10.3. The zero-order valence-electron chi connectivity index (χ0n) is 7.68. The van der Waals surface area contributed by atoms with E-state index in [0.29, 0.717) is 5.92 Å². The fraction of sp³-hybridized carbons (Fsp3) is 0.800. The molecule has 65 valence electrons. The van der Waals surface area contributed by atoms with Crippen molar-refractivity contribution >= 4 is 0 Å². The third-order valence-corrected chi connectivity index (χ3v) is 1.73. The lowest BCUT2D eigenvalue weighted by molar-refractivity contribution is 0.147. The quantitative estimate of drug-likeness (QED) is 0.525. The van der Waals surface area contributed by atoms with E-state index in [4.69, 9.17) is 0 Å². The molecule has 0 rings (SSSR count). The predicted octanol–water partition coefficient (Wildman–Crippen LogP) is 3.19. The van der Waals surface area contributed by atoms with E-state index in [2.05, 4.69) is 19.1 Å². The number of unbranched alkanes of at least 4 members (excludes halogenated alkanes) is 1. The van der Waals surface area contributed by atoms with E-state index in [1.165, 1.54) is 12.8 Å². The van der Waals surface area contributed by atoms with Crippen molar-refractivity contribution in [3.05, 3.63) is 12.2 Å². The zero-order chi connectivity index (χ0) is 8.53. The lowest BCUT2D eigenvalue weighted by Gasteiger charge is -2.01. The summed E-state index contributed by atoms with van der Waals surface area (Å²) in [7, 11) is 0. The molecule has 0 saturated heterocycles. The van der Waals surface area contributed by atoms with Gasteiger partial charge < -0.3 is 0 Å². The number of rotatable bonds is 6. The van der Waals surface area contributed by atoms with Gasteiger partial charge in [0.25, 0.3) is 0 Å². The highest BCUT2D eigenvalue weighted by Crippen LogP contribution is 2.05. The number of hydrogen-bond donors (Lipinski definition) is 0. The Labute approximate surface area is 70.1 Å². The van der Waals surface area contributed by atoms with Gasteiger partial charge in [0.15, 0.2) is 0 Å². The van der Waals surface area contributed by atoms with Crippen LogP contribution in [0.4, 0.5) is 0 Å². The van der Waals surface area contributed by atoms with Crippen LogP contribution in [-0.2, 0) is 5.11 Å². The summed E-state index contributed by atoms with van der Waals surface area (Å²) < 4.78 is 0. The molecule has 1 heteroatoms. The van der Waals surface area contributed by atoms with E-state index < -0.39 is 0 Å². The molecular weight excluding hydrogens is 136 g/mol. The highest BCUT2D eigenvalue weighted by atomic mass is 16.3. The Morgan fingerprint density at radius 3 is 2.45 bits per heavy atom. The van der Waals surface area contributed by atoms with Crippen LogP contribution in [0, 0.1) is 5.92 Å². The summed E-state index contributed by atoms with van der Waals surface area (Å²) in [5, 5.41) is 10.3.